The molecule has 47 heavy (non-hydrogen) atoms. The molecule has 5 rings (SSSR count). The molecule has 0 spiro atoms. The normalized spacial score (nSPS) is 18.7. The van der Waals surface area contributed by atoms with E-state index in [4.69, 9.17) is 37.4 Å². The molecule has 1 atom stereocenters. The smallest absolute Gasteiger partial charge is 0.409 e. The van der Waals surface area contributed by atoms with Crippen molar-refractivity contribution in [2.24, 2.45) is 0 Å². The Morgan fingerprint density at radius 3 is 2.26 bits per heavy atom. The van der Waals surface area contributed by atoms with Crippen molar-refractivity contribution >= 4 is 58.5 Å². The van der Waals surface area contributed by atoms with E-state index < -0.39 is 17.9 Å². The zero-order valence-electron chi connectivity index (χ0n) is 26.3. The van der Waals surface area contributed by atoms with Gasteiger partial charge in [-0.05, 0) is 31.5 Å². The number of rotatable bonds is 12. The molecule has 1 N–H and O–H groups in total. The maximum absolute atomic E-state index is 13.8. The summed E-state index contributed by atoms with van der Waals surface area (Å²) >= 11 is 14.9. The molecule has 252 valence electrons. The number of nitrogens with zero attached hydrogens (tertiary/aromatic N) is 4. The van der Waals surface area contributed by atoms with Crippen LogP contribution in [0.1, 0.15) is 35.8 Å². The van der Waals surface area contributed by atoms with E-state index in [0.717, 1.165) is 18.0 Å². The molecule has 4 heterocycles. The fraction of sp³-hybridized carbons (Fsp3) is 0.469. The van der Waals surface area contributed by atoms with Crippen molar-refractivity contribution in [2.45, 2.75) is 31.6 Å². The Hall–Kier alpha value is -3.65. The van der Waals surface area contributed by atoms with Crippen LogP contribution in [0, 0.1) is 0 Å². The third-order valence-corrected chi connectivity index (χ3v) is 10.00. The number of esters is 2. The van der Waals surface area contributed by atoms with Crippen LogP contribution in [0.4, 0.5) is 4.79 Å². The van der Waals surface area contributed by atoms with Crippen LogP contribution in [0.2, 0.25) is 10.0 Å². The first kappa shape index (κ1) is 34.7. The highest BCUT2D eigenvalue weighted by Crippen LogP contribution is 2.46. The highest BCUT2D eigenvalue weighted by molar-refractivity contribution is 7.09. The van der Waals surface area contributed by atoms with Crippen LogP contribution in [-0.4, -0.2) is 110 Å². The first-order chi connectivity index (χ1) is 22.7. The maximum Gasteiger partial charge on any atom is 0.409 e. The van der Waals surface area contributed by atoms with Crippen LogP contribution in [0.3, 0.4) is 0 Å². The summed E-state index contributed by atoms with van der Waals surface area (Å²) in [5.41, 5.74) is 1.35. The highest BCUT2D eigenvalue weighted by atomic mass is 35.5. The van der Waals surface area contributed by atoms with E-state index in [-0.39, 0.29) is 39.6 Å². The topological polar surface area (TPSA) is 131 Å². The van der Waals surface area contributed by atoms with Gasteiger partial charge in [0.25, 0.3) is 0 Å². The molecular weight excluding hydrogens is 669 g/mol. The summed E-state index contributed by atoms with van der Waals surface area (Å²) in [6.45, 7) is 4.85. The first-order valence-electron chi connectivity index (χ1n) is 15.4. The molecule has 1 aromatic carbocycles. The molecule has 2 amide bonds. The van der Waals surface area contributed by atoms with E-state index in [9.17, 15) is 19.2 Å². The van der Waals surface area contributed by atoms with E-state index in [1.165, 1.54) is 25.6 Å². The van der Waals surface area contributed by atoms with E-state index in [1.807, 2.05) is 5.38 Å². The largest absolute Gasteiger partial charge is 0.466 e. The first-order valence-corrected chi connectivity index (χ1v) is 17.0. The second kappa shape index (κ2) is 16.0. The van der Waals surface area contributed by atoms with E-state index >= 15 is 0 Å². The van der Waals surface area contributed by atoms with Crippen molar-refractivity contribution in [1.82, 2.24) is 25.0 Å². The third-order valence-electron chi connectivity index (χ3n) is 8.50. The van der Waals surface area contributed by atoms with Crippen molar-refractivity contribution in [3.63, 3.8) is 0 Å². The Bertz CT molecular complexity index is 1540. The van der Waals surface area contributed by atoms with Crippen LogP contribution in [0.25, 0.3) is 0 Å². The van der Waals surface area contributed by atoms with Crippen molar-refractivity contribution < 1.29 is 33.4 Å². The Morgan fingerprint density at radius 1 is 0.979 bits per heavy atom. The van der Waals surface area contributed by atoms with Crippen molar-refractivity contribution in [2.75, 3.05) is 66.6 Å². The second-order valence-electron chi connectivity index (χ2n) is 11.2. The van der Waals surface area contributed by atoms with E-state index in [2.05, 4.69) is 15.2 Å². The highest BCUT2D eigenvalue weighted by Gasteiger charge is 2.42. The number of halogens is 2. The summed E-state index contributed by atoms with van der Waals surface area (Å²) in [5.74, 6) is -2.64. The molecule has 2 fully saturated rings. The van der Waals surface area contributed by atoms with Crippen LogP contribution < -0.4 is 5.32 Å². The predicted octanol–water partition coefficient (Wildman–Crippen LogP) is 4.00. The third kappa shape index (κ3) is 8.08. The number of carbonyl (C=O) groups is 4. The minimum atomic E-state index is -1.06. The summed E-state index contributed by atoms with van der Waals surface area (Å²) < 4.78 is 15.4. The number of methoxy groups -OCH3 is 2. The van der Waals surface area contributed by atoms with Crippen LogP contribution in [0.15, 0.2) is 52.3 Å². The van der Waals surface area contributed by atoms with E-state index in [0.29, 0.717) is 75.7 Å². The van der Waals surface area contributed by atoms with Gasteiger partial charge in [-0.1, -0.05) is 29.3 Å². The standard InChI is InChI=1S/C32H37Cl2N5O7S/c1-44-30(41)27-22(7-8-24-35-9-18-47-24)36-23(28(31(42)45-2)29(27)26-20(33)5-3-6-21(26)34)19-25(40)38-14-12-37(13-15-38)10-4-11-39-16-17-46-32(39)43/h3,5-6,9,18,29,36H,4,7-8,10-17,19H2,1-2H3. The number of cyclic esters (lactones) is 1. The van der Waals surface area contributed by atoms with Gasteiger partial charge in [0.05, 0.1) is 49.3 Å². The molecule has 0 saturated carbocycles. The number of nitrogens with one attached hydrogen (secondary N) is 1. The summed E-state index contributed by atoms with van der Waals surface area (Å²) in [6.07, 6.45) is 2.95. The van der Waals surface area contributed by atoms with Crippen LogP contribution in [-0.2, 0) is 35.0 Å². The molecular formula is C32H37Cl2N5O7S. The average molecular weight is 707 g/mol. The Labute approximate surface area is 287 Å². The van der Waals surface area contributed by atoms with Crippen molar-refractivity contribution in [3.8, 4) is 0 Å². The predicted molar refractivity (Wildman–Crippen MR) is 176 cm³/mol. The minimum absolute atomic E-state index is 0.0633. The molecule has 1 unspecified atom stereocenters. The number of ether oxygens (including phenoxy) is 3. The molecule has 3 aliphatic heterocycles. The number of hydrogen-bond acceptors (Lipinski definition) is 11. The van der Waals surface area contributed by atoms with Gasteiger partial charge in [0.2, 0.25) is 5.91 Å². The molecule has 0 bridgehead atoms. The van der Waals surface area contributed by atoms with Gasteiger partial charge in [-0.3, -0.25) is 9.69 Å². The maximum atomic E-state index is 13.8. The number of hydrogen-bond donors (Lipinski definition) is 1. The minimum Gasteiger partial charge on any atom is -0.466 e. The lowest BCUT2D eigenvalue weighted by molar-refractivity contribution is -0.137. The van der Waals surface area contributed by atoms with Gasteiger partial charge in [-0.2, -0.15) is 0 Å². The monoisotopic (exact) mass is 705 g/mol. The number of dihydropyridines is 1. The van der Waals surface area contributed by atoms with Crippen molar-refractivity contribution in [1.29, 1.82) is 0 Å². The molecule has 15 heteroatoms. The van der Waals surface area contributed by atoms with Gasteiger partial charge in [0.1, 0.15) is 6.61 Å². The van der Waals surface area contributed by atoms with Gasteiger partial charge in [-0.25, -0.2) is 19.4 Å². The second-order valence-corrected chi connectivity index (χ2v) is 13.0. The molecule has 1 aromatic heterocycles. The summed E-state index contributed by atoms with van der Waals surface area (Å²) in [5, 5.41) is 6.49. The summed E-state index contributed by atoms with van der Waals surface area (Å²) in [6, 6.07) is 4.93. The Kier molecular flexibility index (Phi) is 11.8. The fourth-order valence-corrected chi connectivity index (χ4v) is 7.37. The van der Waals surface area contributed by atoms with Crippen molar-refractivity contribution in [3.05, 3.63) is 72.9 Å². The SMILES string of the molecule is COC(=O)C1=C(CCc2nccs2)NC(CC(=O)N2CCN(CCCN3CCOC3=O)CC2)=C(C(=O)OC)C1c1c(Cl)cccc1Cl. The summed E-state index contributed by atoms with van der Waals surface area (Å²) in [7, 11) is 2.50. The zero-order chi connectivity index (χ0) is 33.5. The quantitative estimate of drug-likeness (QED) is 0.256. The van der Waals surface area contributed by atoms with E-state index in [1.54, 1.807) is 34.2 Å². The Balaban J connectivity index is 1.40. The number of aryl methyl sites for hydroxylation is 1. The molecule has 2 saturated heterocycles. The molecule has 0 aliphatic carbocycles. The molecule has 0 radical (unpaired) electrons. The number of amides is 2. The molecule has 3 aliphatic rings. The van der Waals surface area contributed by atoms with Crippen LogP contribution in [0.5, 0.6) is 0 Å². The Morgan fingerprint density at radius 2 is 1.66 bits per heavy atom. The van der Waals surface area contributed by atoms with Gasteiger partial charge in [-0.15, -0.1) is 11.3 Å². The van der Waals surface area contributed by atoms with Gasteiger partial charge >= 0.3 is 18.0 Å². The number of allylic oxidation sites excluding steroid dienone is 1. The lowest BCUT2D eigenvalue weighted by Crippen LogP contribution is -2.49. The average Bonchev–Trinajstić information content (AvgIpc) is 3.75. The fourth-order valence-electron chi connectivity index (χ4n) is 6.13. The summed E-state index contributed by atoms with van der Waals surface area (Å²) in [4.78, 5) is 62.6. The number of aromatic nitrogens is 1. The number of benzene rings is 1. The molecule has 12 nitrogen and oxygen atoms in total. The lowest BCUT2D eigenvalue weighted by Gasteiger charge is -2.36. The zero-order valence-corrected chi connectivity index (χ0v) is 28.6. The number of carbonyl (C=O) groups excluding carboxylic acids is 4. The number of thiazole rings is 1. The molecule has 2 aromatic rings. The van der Waals surface area contributed by atoms with Gasteiger partial charge in [0.15, 0.2) is 0 Å². The number of piperazine rings is 1. The van der Waals surface area contributed by atoms with Crippen LogP contribution >= 0.6 is 34.5 Å². The van der Waals surface area contributed by atoms with Gasteiger partial charge in [0, 0.05) is 77.7 Å². The lowest BCUT2D eigenvalue weighted by atomic mass is 9.78. The van der Waals surface area contributed by atoms with Gasteiger partial charge < -0.3 is 29.3 Å².